The van der Waals surface area contributed by atoms with E-state index in [2.05, 4.69) is 31.4 Å². The number of hydrogen-bond donors (Lipinski definition) is 1. The lowest BCUT2D eigenvalue weighted by molar-refractivity contribution is 0.181. The van der Waals surface area contributed by atoms with Gasteiger partial charge in [0.25, 0.3) is 0 Å². The van der Waals surface area contributed by atoms with Crippen LogP contribution >= 0.6 is 11.3 Å². The molecule has 2 nitrogen and oxygen atoms in total. The summed E-state index contributed by atoms with van der Waals surface area (Å²) in [6, 6.07) is 5.16. The van der Waals surface area contributed by atoms with Crippen molar-refractivity contribution in [1.29, 1.82) is 0 Å². The van der Waals surface area contributed by atoms with E-state index in [1.54, 1.807) is 0 Å². The van der Waals surface area contributed by atoms with E-state index in [4.69, 9.17) is 4.74 Å². The Kier molecular flexibility index (Phi) is 5.01. The number of hydrogen-bond acceptors (Lipinski definition) is 3. The highest BCUT2D eigenvalue weighted by Gasteiger charge is 2.20. The van der Waals surface area contributed by atoms with Crippen molar-refractivity contribution in [2.24, 2.45) is 5.92 Å². The second-order valence-electron chi connectivity index (χ2n) is 4.88. The second-order valence-corrected chi connectivity index (χ2v) is 6.13. The molecule has 1 N–H and O–H groups in total. The molecule has 1 aromatic heterocycles. The Hall–Kier alpha value is -0.380. The largest absolute Gasteiger partial charge is 0.381 e. The van der Waals surface area contributed by atoms with Gasteiger partial charge in [0.1, 0.15) is 0 Å². The molecule has 1 aromatic rings. The first-order valence-corrected chi connectivity index (χ1v) is 7.46. The van der Waals surface area contributed by atoms with Crippen LogP contribution in [0.2, 0.25) is 0 Å². The molecule has 3 heteroatoms. The van der Waals surface area contributed by atoms with Crippen molar-refractivity contribution in [3.63, 3.8) is 0 Å². The molecular formula is C14H23NOS. The fraction of sp³-hybridized carbons (Fsp3) is 0.714. The Morgan fingerprint density at radius 1 is 1.47 bits per heavy atom. The third kappa shape index (κ3) is 3.80. The molecular weight excluding hydrogens is 230 g/mol. The summed E-state index contributed by atoms with van der Waals surface area (Å²) >= 11 is 1.96. The number of rotatable bonds is 6. The Morgan fingerprint density at radius 3 is 2.88 bits per heavy atom. The van der Waals surface area contributed by atoms with Gasteiger partial charge in [-0.15, -0.1) is 11.3 Å². The minimum absolute atomic E-state index is 0.602. The standard InChI is InChI=1S/C14H23NOS/c1-3-13-4-5-14(17-13)9-12(15-2)8-11-6-7-16-10-11/h4-5,11-12,15H,3,6-10H2,1-2H3. The van der Waals surface area contributed by atoms with Crippen LogP contribution in [0.25, 0.3) is 0 Å². The van der Waals surface area contributed by atoms with Crippen LogP contribution in [0.5, 0.6) is 0 Å². The molecule has 0 aromatic carbocycles. The summed E-state index contributed by atoms with van der Waals surface area (Å²) in [4.78, 5) is 3.01. The first-order chi connectivity index (χ1) is 8.31. The first kappa shape index (κ1) is 13.1. The van der Waals surface area contributed by atoms with Gasteiger partial charge in [-0.3, -0.25) is 0 Å². The van der Waals surface area contributed by atoms with Gasteiger partial charge in [-0.25, -0.2) is 0 Å². The zero-order valence-corrected chi connectivity index (χ0v) is 11.7. The predicted octanol–water partition coefficient (Wildman–Crippen LogP) is 2.87. The Morgan fingerprint density at radius 2 is 2.29 bits per heavy atom. The van der Waals surface area contributed by atoms with E-state index in [-0.39, 0.29) is 0 Å². The van der Waals surface area contributed by atoms with Gasteiger partial charge in [-0.1, -0.05) is 6.92 Å². The van der Waals surface area contributed by atoms with Gasteiger partial charge in [0.15, 0.2) is 0 Å². The zero-order valence-electron chi connectivity index (χ0n) is 10.9. The monoisotopic (exact) mass is 253 g/mol. The molecule has 2 unspecified atom stereocenters. The predicted molar refractivity (Wildman–Crippen MR) is 73.8 cm³/mol. The molecule has 2 heterocycles. The smallest absolute Gasteiger partial charge is 0.0495 e. The maximum absolute atomic E-state index is 5.45. The lowest BCUT2D eigenvalue weighted by Crippen LogP contribution is -2.30. The van der Waals surface area contributed by atoms with Crippen molar-refractivity contribution in [3.05, 3.63) is 21.9 Å². The lowest BCUT2D eigenvalue weighted by Gasteiger charge is -2.18. The Bertz CT molecular complexity index is 331. The van der Waals surface area contributed by atoms with Crippen LogP contribution in [0, 0.1) is 5.92 Å². The minimum atomic E-state index is 0.602. The molecule has 1 fully saturated rings. The Labute approximate surface area is 108 Å². The van der Waals surface area contributed by atoms with Crippen molar-refractivity contribution in [3.8, 4) is 0 Å². The molecule has 0 bridgehead atoms. The zero-order chi connectivity index (χ0) is 12.1. The summed E-state index contributed by atoms with van der Waals surface area (Å²) < 4.78 is 5.45. The van der Waals surface area contributed by atoms with Gasteiger partial charge in [0.05, 0.1) is 0 Å². The van der Waals surface area contributed by atoms with Crippen LogP contribution in [0.4, 0.5) is 0 Å². The van der Waals surface area contributed by atoms with Gasteiger partial charge < -0.3 is 10.1 Å². The molecule has 1 saturated heterocycles. The summed E-state index contributed by atoms with van der Waals surface area (Å²) in [7, 11) is 2.08. The quantitative estimate of drug-likeness (QED) is 0.842. The summed E-state index contributed by atoms with van der Waals surface area (Å²) in [5.74, 6) is 0.762. The fourth-order valence-electron chi connectivity index (χ4n) is 2.44. The maximum Gasteiger partial charge on any atom is 0.0495 e. The van der Waals surface area contributed by atoms with Crippen molar-refractivity contribution in [1.82, 2.24) is 5.32 Å². The highest BCUT2D eigenvalue weighted by atomic mass is 32.1. The number of nitrogens with one attached hydrogen (secondary N) is 1. The van der Waals surface area contributed by atoms with E-state index in [0.29, 0.717) is 6.04 Å². The van der Waals surface area contributed by atoms with E-state index in [1.807, 2.05) is 11.3 Å². The number of thiophene rings is 1. The highest BCUT2D eigenvalue weighted by molar-refractivity contribution is 7.11. The summed E-state index contributed by atoms with van der Waals surface area (Å²) in [6.07, 6.45) is 4.81. The molecule has 96 valence electrons. The average molecular weight is 253 g/mol. The molecule has 1 aliphatic rings. The third-order valence-electron chi connectivity index (χ3n) is 3.56. The van der Waals surface area contributed by atoms with Crippen LogP contribution in [0.1, 0.15) is 29.5 Å². The van der Waals surface area contributed by atoms with Gasteiger partial charge in [-0.05, 0) is 50.8 Å². The molecule has 0 radical (unpaired) electrons. The van der Waals surface area contributed by atoms with Gasteiger partial charge in [0, 0.05) is 29.0 Å². The molecule has 2 rings (SSSR count). The summed E-state index contributed by atoms with van der Waals surface area (Å²) in [5, 5.41) is 3.46. The Balaban J connectivity index is 1.85. The topological polar surface area (TPSA) is 21.3 Å². The number of aryl methyl sites for hydroxylation is 1. The summed E-state index contributed by atoms with van der Waals surface area (Å²) in [6.45, 7) is 4.14. The number of likely N-dealkylation sites (N-methyl/N-ethyl adjacent to an activating group) is 1. The van der Waals surface area contributed by atoms with E-state index in [9.17, 15) is 0 Å². The normalized spacial score (nSPS) is 21.9. The molecule has 17 heavy (non-hydrogen) atoms. The van der Waals surface area contributed by atoms with Gasteiger partial charge in [0.2, 0.25) is 0 Å². The SMILES string of the molecule is CCc1ccc(CC(CC2CCOC2)NC)s1. The molecule has 0 spiro atoms. The summed E-state index contributed by atoms with van der Waals surface area (Å²) in [5.41, 5.74) is 0. The van der Waals surface area contributed by atoms with E-state index in [1.165, 1.54) is 22.6 Å². The minimum Gasteiger partial charge on any atom is -0.381 e. The molecule has 1 aliphatic heterocycles. The fourth-order valence-corrected chi connectivity index (χ4v) is 3.48. The second kappa shape index (κ2) is 6.53. The third-order valence-corrected chi connectivity index (χ3v) is 4.82. The first-order valence-electron chi connectivity index (χ1n) is 6.64. The maximum atomic E-state index is 5.45. The molecule has 0 saturated carbocycles. The van der Waals surface area contributed by atoms with Crippen molar-refractivity contribution < 1.29 is 4.74 Å². The van der Waals surface area contributed by atoms with Gasteiger partial charge in [-0.2, -0.15) is 0 Å². The van der Waals surface area contributed by atoms with Gasteiger partial charge >= 0.3 is 0 Å². The van der Waals surface area contributed by atoms with Crippen molar-refractivity contribution in [2.45, 2.75) is 38.6 Å². The van der Waals surface area contributed by atoms with E-state index in [0.717, 1.165) is 32.0 Å². The highest BCUT2D eigenvalue weighted by Crippen LogP contribution is 2.23. The molecule has 0 aliphatic carbocycles. The van der Waals surface area contributed by atoms with E-state index < -0.39 is 0 Å². The molecule has 0 amide bonds. The van der Waals surface area contributed by atoms with Crippen LogP contribution < -0.4 is 5.32 Å². The van der Waals surface area contributed by atoms with Crippen LogP contribution in [-0.4, -0.2) is 26.3 Å². The van der Waals surface area contributed by atoms with Crippen molar-refractivity contribution in [2.75, 3.05) is 20.3 Å². The number of ether oxygens (including phenoxy) is 1. The van der Waals surface area contributed by atoms with Crippen molar-refractivity contribution >= 4 is 11.3 Å². The van der Waals surface area contributed by atoms with Crippen LogP contribution in [0.15, 0.2) is 12.1 Å². The average Bonchev–Trinajstić information content (AvgIpc) is 2.99. The van der Waals surface area contributed by atoms with E-state index >= 15 is 0 Å². The lowest BCUT2D eigenvalue weighted by atomic mass is 9.97. The van der Waals surface area contributed by atoms with Crippen LogP contribution in [-0.2, 0) is 17.6 Å². The molecule has 2 atom stereocenters. The van der Waals surface area contributed by atoms with Crippen LogP contribution in [0.3, 0.4) is 0 Å².